The average molecular weight is 1040 g/mol. The van der Waals surface area contributed by atoms with E-state index >= 15 is 0 Å². The quantitative estimate of drug-likeness (QED) is 0.0932. The lowest BCUT2D eigenvalue weighted by Crippen LogP contribution is -2.64. The number of carbonyl (C=O) groups is 5. The Bertz CT molecular complexity index is 2900. The number of pyridine rings is 1. The fourth-order valence-electron chi connectivity index (χ4n) is 9.87. The largest absolute Gasteiger partial charge is 0.456 e. The van der Waals surface area contributed by atoms with Crippen LogP contribution in [0.15, 0.2) is 48.8 Å². The van der Waals surface area contributed by atoms with Gasteiger partial charge in [-0.2, -0.15) is 18.3 Å². The second-order valence-electron chi connectivity index (χ2n) is 21.3. The molecule has 3 saturated heterocycles. The van der Waals surface area contributed by atoms with Gasteiger partial charge in [-0.1, -0.05) is 11.6 Å². The molecule has 5 aromatic rings. The number of carbonyl (C=O) groups excluding carboxylic acids is 5. The number of piperazine rings is 1. The molecule has 73 heavy (non-hydrogen) atoms. The number of ether oxygens (including phenoxy) is 2. The molecule has 8 rings (SSSR count). The van der Waals surface area contributed by atoms with E-state index in [1.165, 1.54) is 36.0 Å². The predicted octanol–water partition coefficient (Wildman–Crippen LogP) is 6.29. The molecule has 4 aromatic heterocycles. The van der Waals surface area contributed by atoms with Crippen LogP contribution in [0, 0.1) is 11.8 Å². The lowest BCUT2D eigenvalue weighted by Gasteiger charge is -2.49. The smallest absolute Gasteiger partial charge is 0.435 e. The predicted molar refractivity (Wildman–Crippen MR) is 265 cm³/mol. The molecule has 4 amide bonds. The van der Waals surface area contributed by atoms with Gasteiger partial charge in [0.2, 0.25) is 5.91 Å². The topological polar surface area (TPSA) is 216 Å². The molecule has 23 heteroatoms. The highest BCUT2D eigenvalue weighted by Crippen LogP contribution is 2.37. The number of rotatable bonds is 12. The summed E-state index contributed by atoms with van der Waals surface area (Å²) in [6, 6.07) is 9.39. The Kier molecular flexibility index (Phi) is 14.8. The molecule has 392 valence electrons. The molecule has 3 aliphatic heterocycles. The Balaban J connectivity index is 0.859. The number of alkyl halides is 3. The minimum Gasteiger partial charge on any atom is -0.456 e. The number of H-pyrrole nitrogens is 1. The highest BCUT2D eigenvalue weighted by atomic mass is 35.5. The number of hydrogen-bond donors (Lipinski definition) is 3. The maximum atomic E-state index is 14.4. The fraction of sp³-hybridized carbons (Fsp3) is 0.520. The summed E-state index contributed by atoms with van der Waals surface area (Å²) in [6.45, 7) is 15.7. The Morgan fingerprint density at radius 3 is 2.21 bits per heavy atom. The fourth-order valence-corrected chi connectivity index (χ4v) is 10.1. The maximum Gasteiger partial charge on any atom is 0.435 e. The van der Waals surface area contributed by atoms with E-state index in [9.17, 15) is 37.1 Å². The van der Waals surface area contributed by atoms with E-state index in [1.54, 1.807) is 32.9 Å². The second-order valence-corrected chi connectivity index (χ2v) is 21.7. The van der Waals surface area contributed by atoms with Crippen LogP contribution in [0.5, 0.6) is 0 Å². The normalized spacial score (nSPS) is 19.0. The van der Waals surface area contributed by atoms with Gasteiger partial charge in [0.15, 0.2) is 23.9 Å². The molecule has 3 aliphatic rings. The first-order valence-electron chi connectivity index (χ1n) is 24.4. The van der Waals surface area contributed by atoms with Gasteiger partial charge in [-0.15, -0.1) is 0 Å². The second kappa shape index (κ2) is 20.4. The Morgan fingerprint density at radius 2 is 1.58 bits per heavy atom. The molecule has 3 fully saturated rings. The molecular formula is C50H63ClF3N12O7+. The van der Waals surface area contributed by atoms with Crippen LogP contribution in [0.25, 0.3) is 28.1 Å². The first-order chi connectivity index (χ1) is 34.3. The van der Waals surface area contributed by atoms with Crippen LogP contribution >= 0.6 is 11.6 Å². The number of aromatic nitrogens is 6. The third-order valence-corrected chi connectivity index (χ3v) is 13.7. The number of fused-ring (bicyclic) bond motifs is 1. The van der Waals surface area contributed by atoms with Crippen molar-refractivity contribution < 1.29 is 51.1 Å². The number of esters is 1. The van der Waals surface area contributed by atoms with E-state index in [4.69, 9.17) is 26.8 Å². The number of hydrogen-bond acceptors (Lipinski definition) is 11. The maximum absolute atomic E-state index is 14.4. The minimum atomic E-state index is -4.86. The first-order valence-corrected chi connectivity index (χ1v) is 24.8. The van der Waals surface area contributed by atoms with Crippen molar-refractivity contribution in [3.63, 3.8) is 0 Å². The third kappa shape index (κ3) is 12.1. The number of nitrogens with zero attached hydrogens (tertiary/aromatic N) is 9. The molecule has 4 N–H and O–H groups in total. The van der Waals surface area contributed by atoms with E-state index in [-0.39, 0.29) is 94.5 Å². The number of benzene rings is 1. The standard InChI is InChI=1S/C50H62ClF3N12O7/c1-48(2,3)72-41(67)29-66(28-30-25-64(26-30)47(71)73-49(4,5)6)20-13-31(14-21-66)45(69)62-16-18-63(19-17-62)46(70)34-9-8-32(22-36(34)51)58-44(68)43-56-24-39(61(43)7)35-27-65(60-42(35)50(52,53)54)40-11-10-37-38(59-40)23-33(57-37)12-15-55/h8-11,22-24,27,30-31H,12-21,25-26,28-29,55H2,1-7H3,(H-,57,58,59,68,70)/p+1. The van der Waals surface area contributed by atoms with Gasteiger partial charge in [0.1, 0.15) is 11.2 Å². The number of anilines is 1. The molecule has 0 radical (unpaired) electrons. The molecule has 1 aromatic carbocycles. The number of nitrogens with two attached hydrogens (primary N) is 1. The molecule has 0 aliphatic carbocycles. The van der Waals surface area contributed by atoms with Crippen LogP contribution in [-0.2, 0) is 38.7 Å². The van der Waals surface area contributed by atoms with Gasteiger partial charge in [0.05, 0.1) is 58.7 Å². The number of halogens is 4. The summed E-state index contributed by atoms with van der Waals surface area (Å²) >= 11 is 6.64. The van der Waals surface area contributed by atoms with Gasteiger partial charge in [0, 0.05) is 88.6 Å². The number of aromatic amines is 1. The van der Waals surface area contributed by atoms with Crippen molar-refractivity contribution in [3.8, 4) is 17.1 Å². The van der Waals surface area contributed by atoms with Gasteiger partial charge in [-0.3, -0.25) is 14.4 Å². The van der Waals surface area contributed by atoms with E-state index < -0.39 is 29.0 Å². The summed E-state index contributed by atoms with van der Waals surface area (Å²) in [5.74, 6) is -1.51. The number of nitrogens with one attached hydrogen (secondary N) is 2. The zero-order chi connectivity index (χ0) is 52.8. The third-order valence-electron chi connectivity index (χ3n) is 13.3. The highest BCUT2D eigenvalue weighted by molar-refractivity contribution is 6.34. The zero-order valence-electron chi connectivity index (χ0n) is 42.1. The monoisotopic (exact) mass is 1040 g/mol. The van der Waals surface area contributed by atoms with E-state index in [2.05, 4.69) is 25.4 Å². The van der Waals surface area contributed by atoms with Crippen molar-refractivity contribution in [1.82, 2.24) is 44.0 Å². The Morgan fingerprint density at radius 1 is 0.904 bits per heavy atom. The summed E-state index contributed by atoms with van der Waals surface area (Å²) < 4.78 is 57.3. The van der Waals surface area contributed by atoms with Gasteiger partial charge < -0.3 is 49.3 Å². The molecule has 0 unspecified atom stereocenters. The van der Waals surface area contributed by atoms with E-state index in [1.807, 2.05) is 41.5 Å². The Labute approximate surface area is 425 Å². The van der Waals surface area contributed by atoms with Crippen molar-refractivity contribution in [3.05, 3.63) is 76.6 Å². The average Bonchev–Trinajstić information content (AvgIpc) is 4.02. The van der Waals surface area contributed by atoms with Crippen LogP contribution in [0.4, 0.5) is 23.7 Å². The summed E-state index contributed by atoms with van der Waals surface area (Å²) in [4.78, 5) is 84.0. The molecule has 19 nitrogen and oxygen atoms in total. The minimum absolute atomic E-state index is 0.0104. The molecular weight excluding hydrogens is 973 g/mol. The van der Waals surface area contributed by atoms with E-state index in [0.717, 1.165) is 16.6 Å². The van der Waals surface area contributed by atoms with Crippen LogP contribution < -0.4 is 11.1 Å². The molecule has 0 saturated carbocycles. The van der Waals surface area contributed by atoms with Crippen molar-refractivity contribution >= 4 is 58.1 Å². The van der Waals surface area contributed by atoms with Crippen LogP contribution in [0.1, 0.15) is 86.7 Å². The van der Waals surface area contributed by atoms with Gasteiger partial charge >= 0.3 is 18.2 Å². The first kappa shape index (κ1) is 52.8. The summed E-state index contributed by atoms with van der Waals surface area (Å²) in [5, 5.41) is 6.58. The van der Waals surface area contributed by atoms with E-state index in [0.29, 0.717) is 87.1 Å². The molecule has 0 atom stereocenters. The number of imidazole rings is 1. The summed E-state index contributed by atoms with van der Waals surface area (Å²) in [7, 11) is 1.41. The van der Waals surface area contributed by atoms with Gasteiger partial charge in [0.25, 0.3) is 11.8 Å². The number of piperidine rings is 1. The van der Waals surface area contributed by atoms with Crippen LogP contribution in [-0.4, -0.2) is 161 Å². The molecule has 0 spiro atoms. The summed E-state index contributed by atoms with van der Waals surface area (Å²) in [6.07, 6.45) is -1.13. The lowest BCUT2D eigenvalue weighted by atomic mass is 9.90. The van der Waals surface area contributed by atoms with Crippen molar-refractivity contribution in [2.45, 2.75) is 78.2 Å². The lowest BCUT2D eigenvalue weighted by molar-refractivity contribution is -0.930. The SMILES string of the molecule is Cn1c(-c2cn(-c3ccc4[nH]c(CCN)cc4n3)nc2C(F)(F)F)cnc1C(=O)Nc1ccc(C(=O)N2CCN(C(=O)C3CC[N+](CC(=O)OC(C)(C)C)(CC4CN(C(=O)OC(C)(C)C)C4)CC3)CC2)c(Cl)c1. The molecule has 0 bridgehead atoms. The van der Waals surface area contributed by atoms with Crippen LogP contribution in [0.2, 0.25) is 5.02 Å². The summed E-state index contributed by atoms with van der Waals surface area (Å²) in [5.41, 5.74) is 5.35. The van der Waals surface area contributed by atoms with Gasteiger partial charge in [-0.25, -0.2) is 24.2 Å². The highest BCUT2D eigenvalue weighted by Gasteiger charge is 2.46. The molecule has 7 heterocycles. The van der Waals surface area contributed by atoms with Gasteiger partial charge in [-0.05, 0) is 90.9 Å². The number of quaternary nitrogens is 1. The van der Waals surface area contributed by atoms with Crippen molar-refractivity contribution in [1.29, 1.82) is 0 Å². The zero-order valence-corrected chi connectivity index (χ0v) is 42.9. The number of amides is 4. The van der Waals surface area contributed by atoms with Crippen molar-refractivity contribution in [2.75, 3.05) is 77.3 Å². The van der Waals surface area contributed by atoms with Crippen molar-refractivity contribution in [2.24, 2.45) is 24.6 Å². The Hall–Kier alpha value is -6.52. The number of likely N-dealkylation sites (tertiary alicyclic amines) is 2. The van der Waals surface area contributed by atoms with Crippen LogP contribution in [0.3, 0.4) is 0 Å².